The van der Waals surface area contributed by atoms with Gasteiger partial charge in [0.05, 0.1) is 12.2 Å². The van der Waals surface area contributed by atoms with Crippen molar-refractivity contribution in [1.82, 2.24) is 0 Å². The highest BCUT2D eigenvalue weighted by molar-refractivity contribution is 6.08. The lowest BCUT2D eigenvalue weighted by Crippen LogP contribution is -2.41. The predicted molar refractivity (Wildman–Crippen MR) is 170 cm³/mol. The maximum atomic E-state index is 13.8. The Morgan fingerprint density at radius 2 is 0.881 bits per heavy atom. The first-order chi connectivity index (χ1) is 20.4. The summed E-state index contributed by atoms with van der Waals surface area (Å²) in [6.07, 6.45) is 1.99. The largest absolute Gasteiger partial charge is 0.491 e. The zero-order valence-corrected chi connectivity index (χ0v) is 24.9. The Kier molecular flexibility index (Phi) is 10.8. The van der Waals surface area contributed by atoms with Crippen LogP contribution in [0, 0.1) is 0 Å². The molecular formula is C36H40N2O4. The fourth-order valence-corrected chi connectivity index (χ4v) is 4.41. The summed E-state index contributed by atoms with van der Waals surface area (Å²) in [7, 11) is 0. The van der Waals surface area contributed by atoms with Crippen LogP contribution in [-0.4, -0.2) is 37.1 Å². The molecule has 0 spiro atoms. The van der Waals surface area contributed by atoms with Gasteiger partial charge in [0.25, 0.3) is 11.8 Å². The Balaban J connectivity index is 1.58. The molecule has 0 aliphatic heterocycles. The summed E-state index contributed by atoms with van der Waals surface area (Å²) in [6.45, 7) is 8.77. The van der Waals surface area contributed by atoms with Gasteiger partial charge in [-0.05, 0) is 99.5 Å². The number of hydrogen-bond donors (Lipinski definition) is 0. The van der Waals surface area contributed by atoms with E-state index in [-0.39, 0.29) is 24.0 Å². The predicted octanol–water partition coefficient (Wildman–Crippen LogP) is 8.04. The second kappa shape index (κ2) is 14.9. The Hall–Kier alpha value is -4.58. The molecule has 4 rings (SSSR count). The lowest BCUT2D eigenvalue weighted by molar-refractivity contribution is 0.0968. The smallest absolute Gasteiger partial charge is 0.258 e. The number of para-hydroxylation sites is 2. The highest BCUT2D eigenvalue weighted by Gasteiger charge is 2.23. The monoisotopic (exact) mass is 564 g/mol. The van der Waals surface area contributed by atoms with Crippen LogP contribution in [0.3, 0.4) is 0 Å². The quantitative estimate of drug-likeness (QED) is 0.165. The molecule has 0 saturated carbocycles. The molecule has 0 saturated heterocycles. The standard InChI is InChI=1S/C36H40N2O4/c1-5-27(3)41-33-21-17-29(18-22-33)35(39)37(31-13-9-7-10-14-31)25-26-38(32-15-11-8-12-16-32)36(40)30-19-23-34(24-20-30)42-28(4)6-2/h7-24,27-28H,5-6,25-26H2,1-4H3. The van der Waals surface area contributed by atoms with E-state index in [9.17, 15) is 9.59 Å². The van der Waals surface area contributed by atoms with Gasteiger partial charge in [-0.3, -0.25) is 9.59 Å². The third-order valence-corrected chi connectivity index (χ3v) is 7.20. The summed E-state index contributed by atoms with van der Waals surface area (Å²) in [4.78, 5) is 31.1. The van der Waals surface area contributed by atoms with Gasteiger partial charge in [-0.25, -0.2) is 0 Å². The van der Waals surface area contributed by atoms with E-state index in [4.69, 9.17) is 9.47 Å². The number of carbonyl (C=O) groups excluding carboxylic acids is 2. The van der Waals surface area contributed by atoms with Gasteiger partial charge in [0, 0.05) is 35.6 Å². The number of hydrogen-bond acceptors (Lipinski definition) is 4. The van der Waals surface area contributed by atoms with E-state index in [0.717, 1.165) is 35.7 Å². The lowest BCUT2D eigenvalue weighted by Gasteiger charge is -2.28. The highest BCUT2D eigenvalue weighted by atomic mass is 16.5. The molecule has 218 valence electrons. The van der Waals surface area contributed by atoms with Crippen molar-refractivity contribution in [1.29, 1.82) is 0 Å². The van der Waals surface area contributed by atoms with Gasteiger partial charge < -0.3 is 19.3 Å². The highest BCUT2D eigenvalue weighted by Crippen LogP contribution is 2.23. The first-order valence-electron chi connectivity index (χ1n) is 14.7. The van der Waals surface area contributed by atoms with E-state index in [1.165, 1.54) is 0 Å². The molecule has 42 heavy (non-hydrogen) atoms. The summed E-state index contributed by atoms with van der Waals surface area (Å²) in [5, 5.41) is 0. The summed E-state index contributed by atoms with van der Waals surface area (Å²) < 4.78 is 11.8. The molecular weight excluding hydrogens is 524 g/mol. The summed E-state index contributed by atoms with van der Waals surface area (Å²) in [5.74, 6) is 1.16. The summed E-state index contributed by atoms with van der Waals surface area (Å²) in [5.41, 5.74) is 2.61. The van der Waals surface area contributed by atoms with E-state index >= 15 is 0 Å². The Bertz CT molecular complexity index is 1300. The molecule has 2 unspecified atom stereocenters. The third-order valence-electron chi connectivity index (χ3n) is 7.20. The van der Waals surface area contributed by atoms with Crippen molar-refractivity contribution in [3.8, 4) is 11.5 Å². The van der Waals surface area contributed by atoms with E-state index in [1.54, 1.807) is 34.1 Å². The molecule has 0 radical (unpaired) electrons. The van der Waals surface area contributed by atoms with Gasteiger partial charge in [0.1, 0.15) is 11.5 Å². The lowest BCUT2D eigenvalue weighted by atomic mass is 10.1. The number of amides is 2. The number of anilines is 2. The van der Waals surface area contributed by atoms with Crippen LogP contribution in [0.2, 0.25) is 0 Å². The van der Waals surface area contributed by atoms with Crippen molar-refractivity contribution in [2.24, 2.45) is 0 Å². The van der Waals surface area contributed by atoms with Crippen molar-refractivity contribution in [2.75, 3.05) is 22.9 Å². The van der Waals surface area contributed by atoms with E-state index < -0.39 is 0 Å². The molecule has 4 aromatic carbocycles. The van der Waals surface area contributed by atoms with E-state index in [1.807, 2.05) is 98.8 Å². The molecule has 0 fully saturated rings. The van der Waals surface area contributed by atoms with Crippen molar-refractivity contribution >= 4 is 23.2 Å². The molecule has 0 aliphatic rings. The van der Waals surface area contributed by atoms with Gasteiger partial charge in [-0.1, -0.05) is 50.2 Å². The zero-order valence-electron chi connectivity index (χ0n) is 24.9. The molecule has 2 amide bonds. The second-order valence-electron chi connectivity index (χ2n) is 10.3. The summed E-state index contributed by atoms with van der Waals surface area (Å²) in [6, 6.07) is 33.6. The number of rotatable bonds is 13. The molecule has 0 N–H and O–H groups in total. The van der Waals surface area contributed by atoms with Crippen LogP contribution in [0.15, 0.2) is 109 Å². The first kappa shape index (κ1) is 30.4. The Morgan fingerprint density at radius 3 is 1.19 bits per heavy atom. The molecule has 4 aromatic rings. The van der Waals surface area contributed by atoms with Gasteiger partial charge in [0.15, 0.2) is 0 Å². The zero-order chi connectivity index (χ0) is 29.9. The van der Waals surface area contributed by atoms with Crippen LogP contribution in [0.5, 0.6) is 11.5 Å². The van der Waals surface area contributed by atoms with Crippen LogP contribution in [0.25, 0.3) is 0 Å². The van der Waals surface area contributed by atoms with Crippen LogP contribution >= 0.6 is 0 Å². The number of nitrogens with zero attached hydrogens (tertiary/aromatic N) is 2. The average molecular weight is 565 g/mol. The van der Waals surface area contributed by atoms with Crippen LogP contribution in [0.1, 0.15) is 61.3 Å². The van der Waals surface area contributed by atoms with Crippen molar-refractivity contribution < 1.29 is 19.1 Å². The first-order valence-corrected chi connectivity index (χ1v) is 14.7. The molecule has 0 heterocycles. The molecule has 0 aliphatic carbocycles. The number of ether oxygens (including phenoxy) is 2. The third kappa shape index (κ3) is 8.00. The fourth-order valence-electron chi connectivity index (χ4n) is 4.41. The average Bonchev–Trinajstić information content (AvgIpc) is 3.04. The van der Waals surface area contributed by atoms with Gasteiger partial charge in [-0.2, -0.15) is 0 Å². The van der Waals surface area contributed by atoms with Crippen molar-refractivity contribution in [2.45, 2.75) is 52.7 Å². The molecule has 2 atom stereocenters. The van der Waals surface area contributed by atoms with Gasteiger partial charge in [-0.15, -0.1) is 0 Å². The number of carbonyl (C=O) groups is 2. The van der Waals surface area contributed by atoms with Gasteiger partial charge in [0.2, 0.25) is 0 Å². The van der Waals surface area contributed by atoms with Gasteiger partial charge >= 0.3 is 0 Å². The minimum absolute atomic E-state index is 0.0949. The van der Waals surface area contributed by atoms with Crippen LogP contribution in [0.4, 0.5) is 11.4 Å². The Morgan fingerprint density at radius 1 is 0.548 bits per heavy atom. The Labute approximate surface area is 249 Å². The summed E-state index contributed by atoms with van der Waals surface area (Å²) >= 11 is 0. The SMILES string of the molecule is CCC(C)Oc1ccc(C(=O)N(CCN(C(=O)c2ccc(OC(C)CC)cc2)c2ccccc2)c2ccccc2)cc1. The van der Waals surface area contributed by atoms with Crippen molar-refractivity contribution in [3.05, 3.63) is 120 Å². The van der Waals surface area contributed by atoms with Crippen LogP contribution < -0.4 is 19.3 Å². The topological polar surface area (TPSA) is 59.1 Å². The normalized spacial score (nSPS) is 12.2. The number of benzene rings is 4. The maximum absolute atomic E-state index is 13.8. The minimum atomic E-state index is -0.150. The molecule has 6 heteroatoms. The van der Waals surface area contributed by atoms with E-state index in [2.05, 4.69) is 13.8 Å². The van der Waals surface area contributed by atoms with Crippen molar-refractivity contribution in [3.63, 3.8) is 0 Å². The second-order valence-corrected chi connectivity index (χ2v) is 10.3. The molecule has 0 bridgehead atoms. The molecule has 0 aromatic heterocycles. The maximum Gasteiger partial charge on any atom is 0.258 e. The van der Waals surface area contributed by atoms with E-state index in [0.29, 0.717) is 24.2 Å². The van der Waals surface area contributed by atoms with Crippen LogP contribution in [-0.2, 0) is 0 Å². The minimum Gasteiger partial charge on any atom is -0.491 e. The fraction of sp³-hybridized carbons (Fsp3) is 0.278. The molecule has 6 nitrogen and oxygen atoms in total.